The number of hydrogen-bond donors (Lipinski definition) is 3. The van der Waals surface area contributed by atoms with Gasteiger partial charge < -0.3 is 15.9 Å². The average molecular weight is 416 g/mol. The normalized spacial score (nSPS) is 10.8. The highest BCUT2D eigenvalue weighted by atomic mass is 16.3. The number of carbonyl (C=O) groups is 1. The number of Topliss-reactive ketones (excluding diaryl/α,β-unsaturated/α-hetero) is 1. The third-order valence-electron chi connectivity index (χ3n) is 5.70. The molecule has 0 aliphatic rings. The molecule has 4 nitrogen and oxygen atoms in total. The first-order valence-electron chi connectivity index (χ1n) is 10.5. The Morgan fingerprint density at radius 1 is 1.06 bits per heavy atom. The molecular formula is C27H29NO3. The number of aromatic hydroxyl groups is 2. The Morgan fingerprint density at radius 3 is 2.52 bits per heavy atom. The lowest BCUT2D eigenvalue weighted by Crippen LogP contribution is -2.07. The van der Waals surface area contributed by atoms with Crippen LogP contribution in [0.5, 0.6) is 11.5 Å². The molecule has 0 aliphatic carbocycles. The van der Waals surface area contributed by atoms with E-state index in [-0.39, 0.29) is 29.3 Å². The van der Waals surface area contributed by atoms with E-state index in [9.17, 15) is 15.0 Å². The van der Waals surface area contributed by atoms with Gasteiger partial charge in [-0.05, 0) is 65.8 Å². The van der Waals surface area contributed by atoms with Gasteiger partial charge in [0.15, 0.2) is 5.78 Å². The maximum atomic E-state index is 12.8. The maximum Gasteiger partial charge on any atom is 0.170 e. The van der Waals surface area contributed by atoms with Gasteiger partial charge in [-0.3, -0.25) is 4.79 Å². The number of rotatable bonds is 8. The first kappa shape index (κ1) is 22.2. The van der Waals surface area contributed by atoms with Gasteiger partial charge in [-0.15, -0.1) is 0 Å². The Morgan fingerprint density at radius 2 is 1.84 bits per heavy atom. The van der Waals surface area contributed by atoms with Crippen molar-refractivity contribution < 1.29 is 15.0 Å². The minimum Gasteiger partial charge on any atom is -0.508 e. The third-order valence-corrected chi connectivity index (χ3v) is 5.70. The van der Waals surface area contributed by atoms with Crippen LogP contribution >= 0.6 is 0 Å². The zero-order valence-electron chi connectivity index (χ0n) is 18.1. The summed E-state index contributed by atoms with van der Waals surface area (Å²) in [5.41, 5.74) is 13.3. The van der Waals surface area contributed by atoms with Gasteiger partial charge in [-0.25, -0.2) is 0 Å². The van der Waals surface area contributed by atoms with Crippen molar-refractivity contribution >= 4 is 17.5 Å². The Labute approximate surface area is 183 Å². The number of anilines is 1. The Kier molecular flexibility index (Phi) is 6.81. The first-order valence-corrected chi connectivity index (χ1v) is 10.5. The molecule has 4 N–H and O–H groups in total. The van der Waals surface area contributed by atoms with Gasteiger partial charge in [-0.2, -0.15) is 0 Å². The number of unbranched alkanes of at least 4 members (excludes halogenated alkanes) is 1. The van der Waals surface area contributed by atoms with Crippen molar-refractivity contribution in [3.8, 4) is 22.6 Å². The summed E-state index contributed by atoms with van der Waals surface area (Å²) in [5, 5.41) is 19.5. The van der Waals surface area contributed by atoms with Crippen molar-refractivity contribution in [1.82, 2.24) is 0 Å². The van der Waals surface area contributed by atoms with Gasteiger partial charge in [0, 0.05) is 23.7 Å². The van der Waals surface area contributed by atoms with E-state index in [0.717, 1.165) is 52.6 Å². The van der Waals surface area contributed by atoms with Crippen LogP contribution in [-0.4, -0.2) is 16.0 Å². The highest BCUT2D eigenvalue weighted by molar-refractivity contribution is 6.00. The smallest absolute Gasteiger partial charge is 0.170 e. The zero-order chi connectivity index (χ0) is 22.5. The molecule has 0 aromatic heterocycles. The lowest BCUT2D eigenvalue weighted by molar-refractivity contribution is 0.0990. The van der Waals surface area contributed by atoms with Crippen molar-refractivity contribution in [3.05, 3.63) is 82.9 Å². The number of aryl methyl sites for hydroxylation is 1. The number of phenols is 2. The van der Waals surface area contributed by atoms with Crippen LogP contribution in [0.2, 0.25) is 0 Å². The van der Waals surface area contributed by atoms with Crippen LogP contribution in [0.25, 0.3) is 17.2 Å². The second kappa shape index (κ2) is 9.52. The molecule has 3 aromatic rings. The topological polar surface area (TPSA) is 83.6 Å². The van der Waals surface area contributed by atoms with E-state index in [0.29, 0.717) is 5.69 Å². The fourth-order valence-corrected chi connectivity index (χ4v) is 3.92. The van der Waals surface area contributed by atoms with Crippen molar-refractivity contribution in [3.63, 3.8) is 0 Å². The van der Waals surface area contributed by atoms with Crippen LogP contribution < -0.4 is 5.73 Å². The summed E-state index contributed by atoms with van der Waals surface area (Å²) in [7, 11) is 0. The van der Waals surface area contributed by atoms with Gasteiger partial charge in [-0.1, -0.05) is 50.3 Å². The highest BCUT2D eigenvalue weighted by Crippen LogP contribution is 2.32. The highest BCUT2D eigenvalue weighted by Gasteiger charge is 2.16. The van der Waals surface area contributed by atoms with Crippen molar-refractivity contribution in [1.29, 1.82) is 0 Å². The largest absolute Gasteiger partial charge is 0.508 e. The van der Waals surface area contributed by atoms with Crippen LogP contribution in [0.1, 0.15) is 52.4 Å². The van der Waals surface area contributed by atoms with E-state index in [1.165, 1.54) is 18.2 Å². The molecule has 3 rings (SSSR count). The van der Waals surface area contributed by atoms with E-state index < -0.39 is 0 Å². The van der Waals surface area contributed by atoms with Crippen LogP contribution in [0, 0.1) is 6.92 Å². The average Bonchev–Trinajstić information content (AvgIpc) is 2.73. The summed E-state index contributed by atoms with van der Waals surface area (Å²) in [6, 6.07) is 14.2. The summed E-state index contributed by atoms with van der Waals surface area (Å²) in [5.74, 6) is -0.452. The molecule has 31 heavy (non-hydrogen) atoms. The fraction of sp³-hybridized carbons (Fsp3) is 0.222. The Balaban J connectivity index is 1.99. The van der Waals surface area contributed by atoms with E-state index in [1.807, 2.05) is 31.2 Å². The Bertz CT molecular complexity index is 1130. The van der Waals surface area contributed by atoms with Crippen molar-refractivity contribution in [2.45, 2.75) is 39.5 Å². The van der Waals surface area contributed by atoms with Gasteiger partial charge in [0.2, 0.25) is 0 Å². The lowest BCUT2D eigenvalue weighted by Gasteiger charge is -2.15. The molecule has 4 heteroatoms. The van der Waals surface area contributed by atoms with Crippen LogP contribution in [0.4, 0.5) is 5.69 Å². The molecule has 0 saturated carbocycles. The van der Waals surface area contributed by atoms with Gasteiger partial charge >= 0.3 is 0 Å². The molecule has 0 bridgehead atoms. The molecule has 0 amide bonds. The molecule has 0 fully saturated rings. The fourth-order valence-electron chi connectivity index (χ4n) is 3.92. The van der Waals surface area contributed by atoms with E-state index >= 15 is 0 Å². The van der Waals surface area contributed by atoms with Crippen molar-refractivity contribution in [2.75, 3.05) is 5.73 Å². The van der Waals surface area contributed by atoms with Crippen LogP contribution in [-0.2, 0) is 12.8 Å². The molecule has 160 valence electrons. The number of hydrogen-bond acceptors (Lipinski definition) is 4. The predicted molar refractivity (Wildman–Crippen MR) is 128 cm³/mol. The standard InChI is InChI=1S/C27H29NO3/c1-4-6-7-18-14-20(23-12-13-25(28)22(5-2)17(23)3)9-8-19(18)15-26(30)24-11-10-21(29)16-27(24)31/h5,8-14,16,29,31H,2,4,6-7,15,28H2,1,3H3. The third kappa shape index (κ3) is 4.80. The summed E-state index contributed by atoms with van der Waals surface area (Å²) in [4.78, 5) is 12.8. The minimum atomic E-state index is -0.203. The number of carbonyl (C=O) groups excluding carboxylic acids is 1. The second-order valence-electron chi connectivity index (χ2n) is 7.83. The zero-order valence-corrected chi connectivity index (χ0v) is 18.1. The maximum absolute atomic E-state index is 12.8. The number of nitrogen functional groups attached to an aromatic ring is 1. The molecular weight excluding hydrogens is 386 g/mol. The molecule has 3 aromatic carbocycles. The second-order valence-corrected chi connectivity index (χ2v) is 7.83. The quantitative estimate of drug-likeness (QED) is 0.308. The SMILES string of the molecule is C=Cc1c(N)ccc(-c2ccc(CC(=O)c3ccc(O)cc3O)c(CCCC)c2)c1C. The van der Waals surface area contributed by atoms with E-state index in [1.54, 1.807) is 6.08 Å². The van der Waals surface area contributed by atoms with E-state index in [4.69, 9.17) is 5.73 Å². The summed E-state index contributed by atoms with van der Waals surface area (Å²) >= 11 is 0. The monoisotopic (exact) mass is 415 g/mol. The molecule has 0 spiro atoms. The molecule has 0 aliphatic heterocycles. The summed E-state index contributed by atoms with van der Waals surface area (Å²) in [6.07, 6.45) is 4.92. The molecule has 0 heterocycles. The number of phenolic OH excluding ortho intramolecular Hbond substituents is 2. The van der Waals surface area contributed by atoms with Crippen LogP contribution in [0.15, 0.2) is 55.1 Å². The van der Waals surface area contributed by atoms with Gasteiger partial charge in [0.1, 0.15) is 11.5 Å². The number of ketones is 1. The van der Waals surface area contributed by atoms with Gasteiger partial charge in [0.05, 0.1) is 5.56 Å². The lowest BCUT2D eigenvalue weighted by atomic mass is 9.89. The molecule has 0 radical (unpaired) electrons. The first-order chi connectivity index (χ1) is 14.8. The summed E-state index contributed by atoms with van der Waals surface area (Å²) in [6.45, 7) is 8.06. The Hall–Kier alpha value is -3.53. The van der Waals surface area contributed by atoms with Crippen molar-refractivity contribution in [2.24, 2.45) is 0 Å². The predicted octanol–water partition coefficient (Wildman–Crippen LogP) is 6.07. The molecule has 0 atom stereocenters. The molecule has 0 saturated heterocycles. The number of benzene rings is 3. The van der Waals surface area contributed by atoms with Gasteiger partial charge in [0.25, 0.3) is 0 Å². The molecule has 0 unspecified atom stereocenters. The summed E-state index contributed by atoms with van der Waals surface area (Å²) < 4.78 is 0. The van der Waals surface area contributed by atoms with E-state index in [2.05, 4.69) is 19.6 Å². The number of nitrogens with two attached hydrogens (primary N) is 1. The minimum absolute atomic E-state index is 0.0696. The van der Waals surface area contributed by atoms with Crippen LogP contribution in [0.3, 0.4) is 0 Å².